The molecule has 1 N–H and O–H groups in total. The Hall–Kier alpha value is -3.32. The highest BCUT2D eigenvalue weighted by Gasteiger charge is 2.12. The molecule has 0 aliphatic carbocycles. The van der Waals surface area contributed by atoms with Gasteiger partial charge >= 0.3 is 0 Å². The van der Waals surface area contributed by atoms with Gasteiger partial charge in [0.05, 0.1) is 0 Å². The Balaban J connectivity index is 1.35. The Morgan fingerprint density at radius 1 is 1.10 bits per heavy atom. The molecule has 0 saturated carbocycles. The van der Waals surface area contributed by atoms with E-state index in [1.54, 1.807) is 48.7 Å². The summed E-state index contributed by atoms with van der Waals surface area (Å²) in [6.45, 7) is 4.00. The van der Waals surface area contributed by atoms with Gasteiger partial charge in [0.25, 0.3) is 5.91 Å². The summed E-state index contributed by atoms with van der Waals surface area (Å²) in [5.41, 5.74) is 1.22. The van der Waals surface area contributed by atoms with Crippen molar-refractivity contribution in [2.75, 3.05) is 26.2 Å². The number of benzene rings is 2. The first-order chi connectivity index (χ1) is 15.2. The molecule has 1 aromatic heterocycles. The molecule has 2 aromatic carbocycles. The Morgan fingerprint density at radius 2 is 1.90 bits per heavy atom. The lowest BCUT2D eigenvalue weighted by Gasteiger charge is -2.14. The third-order valence-corrected chi connectivity index (χ3v) is 5.19. The van der Waals surface area contributed by atoms with Crippen LogP contribution >= 0.6 is 0 Å². The van der Waals surface area contributed by atoms with Gasteiger partial charge in [0.15, 0.2) is 5.82 Å². The number of carbonyl (C=O) groups is 1. The number of nitrogens with one attached hydrogen (secondary N) is 1. The molecule has 1 amide bonds. The van der Waals surface area contributed by atoms with Gasteiger partial charge in [-0.05, 0) is 81.4 Å². The fourth-order valence-electron chi connectivity index (χ4n) is 3.57. The number of hydrogen-bond donors (Lipinski definition) is 1. The molecular formula is C24H25FN4O2. The van der Waals surface area contributed by atoms with Gasteiger partial charge in [-0.25, -0.2) is 9.37 Å². The molecule has 0 bridgehead atoms. The normalized spacial score (nSPS) is 13.8. The predicted octanol–water partition coefficient (Wildman–Crippen LogP) is 4.29. The van der Waals surface area contributed by atoms with Crippen LogP contribution < -0.4 is 10.1 Å². The van der Waals surface area contributed by atoms with Crippen molar-refractivity contribution in [1.29, 1.82) is 0 Å². The Kier molecular flexibility index (Phi) is 6.84. The number of aromatic nitrogens is 2. The van der Waals surface area contributed by atoms with Crippen molar-refractivity contribution < 1.29 is 13.9 Å². The van der Waals surface area contributed by atoms with E-state index in [-0.39, 0.29) is 11.7 Å². The molecule has 1 saturated heterocycles. The van der Waals surface area contributed by atoms with Gasteiger partial charge in [0.1, 0.15) is 11.6 Å². The molecule has 1 aliphatic heterocycles. The maximum atomic E-state index is 13.1. The lowest BCUT2D eigenvalue weighted by molar-refractivity contribution is 0.0951. The zero-order valence-electron chi connectivity index (χ0n) is 17.3. The van der Waals surface area contributed by atoms with E-state index in [9.17, 15) is 9.18 Å². The van der Waals surface area contributed by atoms with E-state index in [0.29, 0.717) is 35.1 Å². The molecule has 2 heterocycles. The van der Waals surface area contributed by atoms with Crippen molar-refractivity contribution in [3.8, 4) is 23.0 Å². The average molecular weight is 420 g/mol. The smallest absolute Gasteiger partial charge is 0.251 e. The summed E-state index contributed by atoms with van der Waals surface area (Å²) in [5, 5.41) is 2.97. The van der Waals surface area contributed by atoms with Crippen LogP contribution in [0.3, 0.4) is 0 Å². The third-order valence-electron chi connectivity index (χ3n) is 5.19. The number of nitrogens with zero attached hydrogens (tertiary/aromatic N) is 3. The Labute approximate surface area is 181 Å². The highest BCUT2D eigenvalue weighted by Crippen LogP contribution is 2.23. The SMILES string of the molecule is O=C(NCCCN1CCCC1)c1cccc(Oc2ccnc(-c3ccc(F)cc3)n2)c1. The van der Waals surface area contributed by atoms with Crippen LogP contribution in [0.4, 0.5) is 4.39 Å². The quantitative estimate of drug-likeness (QED) is 0.551. The molecule has 1 fully saturated rings. The molecule has 7 heteroatoms. The summed E-state index contributed by atoms with van der Waals surface area (Å²) in [4.78, 5) is 23.5. The van der Waals surface area contributed by atoms with Crippen LogP contribution in [-0.4, -0.2) is 47.0 Å². The van der Waals surface area contributed by atoms with Gasteiger partial charge in [0, 0.05) is 29.9 Å². The maximum Gasteiger partial charge on any atom is 0.251 e. The van der Waals surface area contributed by atoms with Gasteiger partial charge in [-0.1, -0.05) is 6.07 Å². The molecule has 0 radical (unpaired) electrons. The number of halogens is 1. The van der Waals surface area contributed by atoms with Crippen molar-refractivity contribution in [2.24, 2.45) is 0 Å². The standard InChI is InChI=1S/C24H25FN4O2/c25-20-9-7-18(8-10-20)23-26-13-11-22(28-23)31-21-6-3-5-19(17-21)24(30)27-12-4-16-29-14-1-2-15-29/h3,5-11,13,17H,1-2,4,12,14-16H2,(H,27,30). The molecular weight excluding hydrogens is 395 g/mol. The second-order valence-corrected chi connectivity index (χ2v) is 7.51. The minimum Gasteiger partial charge on any atom is -0.439 e. The van der Waals surface area contributed by atoms with Crippen LogP contribution in [0.15, 0.2) is 60.8 Å². The van der Waals surface area contributed by atoms with Gasteiger partial charge in [-0.2, -0.15) is 4.98 Å². The van der Waals surface area contributed by atoms with Crippen molar-refractivity contribution >= 4 is 5.91 Å². The molecule has 3 aromatic rings. The zero-order chi connectivity index (χ0) is 21.5. The van der Waals surface area contributed by atoms with Crippen molar-refractivity contribution in [3.05, 3.63) is 72.2 Å². The number of likely N-dealkylation sites (tertiary alicyclic amines) is 1. The van der Waals surface area contributed by atoms with Crippen LogP contribution in [0.1, 0.15) is 29.6 Å². The van der Waals surface area contributed by atoms with Crippen LogP contribution in [-0.2, 0) is 0 Å². The zero-order valence-corrected chi connectivity index (χ0v) is 17.3. The third kappa shape index (κ3) is 5.86. The number of rotatable bonds is 8. The lowest BCUT2D eigenvalue weighted by atomic mass is 10.2. The molecule has 6 nitrogen and oxygen atoms in total. The summed E-state index contributed by atoms with van der Waals surface area (Å²) in [7, 11) is 0. The van der Waals surface area contributed by atoms with Gasteiger partial charge in [0.2, 0.25) is 5.88 Å². The summed E-state index contributed by atoms with van der Waals surface area (Å²) >= 11 is 0. The van der Waals surface area contributed by atoms with E-state index >= 15 is 0 Å². The fourth-order valence-corrected chi connectivity index (χ4v) is 3.57. The van der Waals surface area contributed by atoms with Crippen LogP contribution in [0.25, 0.3) is 11.4 Å². The van der Waals surface area contributed by atoms with E-state index in [0.717, 1.165) is 13.0 Å². The van der Waals surface area contributed by atoms with E-state index in [2.05, 4.69) is 20.2 Å². The molecule has 31 heavy (non-hydrogen) atoms. The van der Waals surface area contributed by atoms with Gasteiger partial charge in [-0.3, -0.25) is 4.79 Å². The topological polar surface area (TPSA) is 67.4 Å². The first kappa shape index (κ1) is 20.9. The van der Waals surface area contributed by atoms with E-state index < -0.39 is 0 Å². The molecule has 4 rings (SSSR count). The second-order valence-electron chi connectivity index (χ2n) is 7.51. The predicted molar refractivity (Wildman–Crippen MR) is 117 cm³/mol. The number of hydrogen-bond acceptors (Lipinski definition) is 5. The Bertz CT molecular complexity index is 1020. The number of amides is 1. The first-order valence-electron chi connectivity index (χ1n) is 10.5. The second kappa shape index (κ2) is 10.1. The van der Waals surface area contributed by atoms with E-state index in [1.165, 1.54) is 38.1 Å². The highest BCUT2D eigenvalue weighted by atomic mass is 19.1. The highest BCUT2D eigenvalue weighted by molar-refractivity contribution is 5.94. The minimum atomic E-state index is -0.317. The van der Waals surface area contributed by atoms with Gasteiger partial charge in [-0.15, -0.1) is 0 Å². The summed E-state index contributed by atoms with van der Waals surface area (Å²) in [5.74, 6) is 0.847. The van der Waals surface area contributed by atoms with E-state index in [1.807, 2.05) is 0 Å². The largest absolute Gasteiger partial charge is 0.439 e. The van der Waals surface area contributed by atoms with Crippen LogP contribution in [0.5, 0.6) is 11.6 Å². The van der Waals surface area contributed by atoms with Crippen molar-refractivity contribution in [3.63, 3.8) is 0 Å². The number of ether oxygens (including phenoxy) is 1. The van der Waals surface area contributed by atoms with Crippen LogP contribution in [0.2, 0.25) is 0 Å². The summed E-state index contributed by atoms with van der Waals surface area (Å²) < 4.78 is 19.0. The summed E-state index contributed by atoms with van der Waals surface area (Å²) in [6.07, 6.45) is 5.07. The Morgan fingerprint density at radius 3 is 2.71 bits per heavy atom. The molecule has 0 spiro atoms. The monoisotopic (exact) mass is 420 g/mol. The molecule has 160 valence electrons. The maximum absolute atomic E-state index is 13.1. The van der Waals surface area contributed by atoms with Crippen molar-refractivity contribution in [1.82, 2.24) is 20.2 Å². The molecule has 0 unspecified atom stereocenters. The molecule has 0 atom stereocenters. The minimum absolute atomic E-state index is 0.124. The number of carbonyl (C=O) groups excluding carboxylic acids is 1. The van der Waals surface area contributed by atoms with E-state index in [4.69, 9.17) is 4.74 Å². The first-order valence-corrected chi connectivity index (χ1v) is 10.5. The fraction of sp³-hybridized carbons (Fsp3) is 0.292. The lowest BCUT2D eigenvalue weighted by Crippen LogP contribution is -2.28. The average Bonchev–Trinajstić information content (AvgIpc) is 3.31. The van der Waals surface area contributed by atoms with Crippen molar-refractivity contribution in [2.45, 2.75) is 19.3 Å². The summed E-state index contributed by atoms with van der Waals surface area (Å²) in [6, 6.07) is 14.6. The van der Waals surface area contributed by atoms with Crippen LogP contribution in [0, 0.1) is 5.82 Å². The van der Waals surface area contributed by atoms with Gasteiger partial charge < -0.3 is 15.0 Å². The molecule has 1 aliphatic rings.